The average molecular weight is 415 g/mol. The molecule has 1 aliphatic rings. The van der Waals surface area contributed by atoms with Crippen LogP contribution in [0.5, 0.6) is 0 Å². The third-order valence-corrected chi connectivity index (χ3v) is 5.71. The number of para-hydroxylation sites is 1. The van der Waals surface area contributed by atoms with Gasteiger partial charge in [0.05, 0.1) is 27.8 Å². The number of hydrogen-bond donors (Lipinski definition) is 0. The zero-order valence-corrected chi connectivity index (χ0v) is 16.8. The van der Waals surface area contributed by atoms with Crippen LogP contribution >= 0.6 is 11.3 Å². The van der Waals surface area contributed by atoms with Crippen LogP contribution in [0.2, 0.25) is 0 Å². The van der Waals surface area contributed by atoms with E-state index in [-0.39, 0.29) is 24.1 Å². The van der Waals surface area contributed by atoms with Crippen LogP contribution in [0.3, 0.4) is 0 Å². The zero-order chi connectivity index (χ0) is 20.8. The van der Waals surface area contributed by atoms with Gasteiger partial charge in [0.2, 0.25) is 5.91 Å². The van der Waals surface area contributed by atoms with Gasteiger partial charge in [0, 0.05) is 42.6 Å². The molecule has 0 radical (unpaired) electrons. The highest BCUT2D eigenvalue weighted by atomic mass is 32.1. The highest BCUT2D eigenvalue weighted by Gasteiger charge is 2.26. The summed E-state index contributed by atoms with van der Waals surface area (Å²) >= 11 is 1.49. The number of aromatic nitrogens is 1. The largest absolute Gasteiger partial charge is 0.463 e. The van der Waals surface area contributed by atoms with Gasteiger partial charge in [0.1, 0.15) is 0 Å². The van der Waals surface area contributed by atoms with Gasteiger partial charge in [-0.1, -0.05) is 12.1 Å². The lowest BCUT2D eigenvalue weighted by Gasteiger charge is -2.30. The van der Waals surface area contributed by atoms with Crippen molar-refractivity contribution in [2.24, 2.45) is 0 Å². The summed E-state index contributed by atoms with van der Waals surface area (Å²) in [6.07, 6.45) is 3.90. The maximum absolute atomic E-state index is 12.2. The van der Waals surface area contributed by atoms with Gasteiger partial charge in [0.15, 0.2) is 0 Å². The number of nitro groups is 1. The predicted octanol–water partition coefficient (Wildman–Crippen LogP) is 3.54. The first-order valence-electron chi connectivity index (χ1n) is 9.32. The molecule has 8 nitrogen and oxygen atoms in total. The first-order valence-corrected chi connectivity index (χ1v) is 10.2. The minimum Gasteiger partial charge on any atom is -0.463 e. The fourth-order valence-corrected chi connectivity index (χ4v) is 4.22. The molecule has 0 unspecified atom stereocenters. The summed E-state index contributed by atoms with van der Waals surface area (Å²) < 4.78 is 4.77. The van der Waals surface area contributed by atoms with Crippen LogP contribution in [0.1, 0.15) is 30.7 Å². The number of carbonyl (C=O) groups is 2. The van der Waals surface area contributed by atoms with Gasteiger partial charge in [-0.05, 0) is 25.8 Å². The maximum atomic E-state index is 12.2. The Labute approximate surface area is 172 Å². The number of nitro benzene ring substituents is 1. The molecule has 0 atom stereocenters. The Morgan fingerprint density at radius 1 is 1.31 bits per heavy atom. The molecule has 1 aromatic carbocycles. The number of hydrogen-bond acceptors (Lipinski definition) is 7. The molecule has 0 saturated carbocycles. The third-order valence-electron chi connectivity index (χ3n) is 4.70. The summed E-state index contributed by atoms with van der Waals surface area (Å²) in [4.78, 5) is 40.7. The van der Waals surface area contributed by atoms with Gasteiger partial charge < -0.3 is 9.64 Å². The van der Waals surface area contributed by atoms with Crippen LogP contribution in [0.15, 0.2) is 41.8 Å². The number of likely N-dealkylation sites (tertiary alicyclic amines) is 1. The summed E-state index contributed by atoms with van der Waals surface area (Å²) in [5, 5.41) is 14.0. The van der Waals surface area contributed by atoms with Gasteiger partial charge in [-0.25, -0.2) is 9.78 Å². The molecule has 1 aliphatic heterocycles. The smallest absolute Gasteiger partial charge is 0.330 e. The van der Waals surface area contributed by atoms with E-state index >= 15 is 0 Å². The van der Waals surface area contributed by atoms with E-state index in [1.54, 1.807) is 30.0 Å². The van der Waals surface area contributed by atoms with Crippen molar-refractivity contribution in [2.45, 2.75) is 25.7 Å². The Morgan fingerprint density at radius 2 is 2.03 bits per heavy atom. The number of nitrogens with zero attached hydrogens (tertiary/aromatic N) is 3. The molecule has 1 fully saturated rings. The Kier molecular flexibility index (Phi) is 6.71. The number of rotatable bonds is 6. The molecule has 3 rings (SSSR count). The van der Waals surface area contributed by atoms with Crippen molar-refractivity contribution < 1.29 is 19.2 Å². The number of thiazole rings is 1. The Hall–Kier alpha value is -3.07. The molecular formula is C20H21N3O5S. The monoisotopic (exact) mass is 415 g/mol. The van der Waals surface area contributed by atoms with Gasteiger partial charge in [-0.15, -0.1) is 11.3 Å². The summed E-state index contributed by atoms with van der Waals surface area (Å²) in [6.45, 7) is 3.11. The van der Waals surface area contributed by atoms with Crippen LogP contribution in [-0.4, -0.2) is 46.4 Å². The summed E-state index contributed by atoms with van der Waals surface area (Å²) in [6, 6.07) is 6.57. The second-order valence-corrected chi connectivity index (χ2v) is 7.42. The topological polar surface area (TPSA) is 103 Å². The quantitative estimate of drug-likeness (QED) is 0.309. The number of benzene rings is 1. The van der Waals surface area contributed by atoms with Crippen LogP contribution in [-0.2, 0) is 14.3 Å². The minimum atomic E-state index is -0.527. The number of piperidine rings is 1. The maximum Gasteiger partial charge on any atom is 0.330 e. The van der Waals surface area contributed by atoms with E-state index in [1.807, 2.05) is 5.38 Å². The highest BCUT2D eigenvalue weighted by molar-refractivity contribution is 7.10. The highest BCUT2D eigenvalue weighted by Crippen LogP contribution is 2.35. The number of ether oxygens (including phenoxy) is 1. The van der Waals surface area contributed by atoms with Crippen LogP contribution in [0.25, 0.3) is 11.3 Å². The van der Waals surface area contributed by atoms with Gasteiger partial charge in [-0.3, -0.25) is 14.9 Å². The van der Waals surface area contributed by atoms with E-state index in [0.717, 1.165) is 23.9 Å². The molecule has 2 heterocycles. The van der Waals surface area contributed by atoms with Gasteiger partial charge in [0.25, 0.3) is 5.69 Å². The van der Waals surface area contributed by atoms with Crippen LogP contribution in [0.4, 0.5) is 5.69 Å². The van der Waals surface area contributed by atoms with Crippen molar-refractivity contribution in [2.75, 3.05) is 19.7 Å². The summed E-state index contributed by atoms with van der Waals surface area (Å²) in [5.41, 5.74) is 1.16. The minimum absolute atomic E-state index is 0.0400. The first-order chi connectivity index (χ1) is 14.0. The van der Waals surface area contributed by atoms with Crippen LogP contribution in [0, 0.1) is 10.1 Å². The van der Waals surface area contributed by atoms with Gasteiger partial charge >= 0.3 is 5.97 Å². The van der Waals surface area contributed by atoms with Crippen molar-refractivity contribution in [3.63, 3.8) is 0 Å². The molecule has 1 amide bonds. The Morgan fingerprint density at radius 3 is 2.72 bits per heavy atom. The molecule has 9 heteroatoms. The lowest BCUT2D eigenvalue weighted by atomic mass is 9.97. The molecule has 0 N–H and O–H groups in total. The van der Waals surface area contributed by atoms with Crippen molar-refractivity contribution in [3.8, 4) is 11.3 Å². The Balaban J connectivity index is 1.62. The molecular weight excluding hydrogens is 394 g/mol. The van der Waals surface area contributed by atoms with E-state index in [4.69, 9.17) is 4.74 Å². The second-order valence-electron chi connectivity index (χ2n) is 6.53. The SMILES string of the molecule is CCOC(=O)/C=C/C(=O)N1CCC(c2nc(-c3ccccc3[N+](=O)[O-])cs2)CC1. The van der Waals surface area contributed by atoms with Crippen molar-refractivity contribution in [1.29, 1.82) is 0 Å². The number of amides is 1. The normalized spacial score (nSPS) is 14.9. The molecule has 1 saturated heterocycles. The first kappa shape index (κ1) is 20.7. The van der Waals surface area contributed by atoms with Gasteiger partial charge in [-0.2, -0.15) is 0 Å². The summed E-state index contributed by atoms with van der Waals surface area (Å²) in [7, 11) is 0. The Bertz CT molecular complexity index is 932. The van der Waals surface area contributed by atoms with E-state index in [9.17, 15) is 19.7 Å². The fraction of sp³-hybridized carbons (Fsp3) is 0.350. The third kappa shape index (κ3) is 5.05. The zero-order valence-electron chi connectivity index (χ0n) is 15.9. The molecule has 29 heavy (non-hydrogen) atoms. The fourth-order valence-electron chi connectivity index (χ4n) is 3.23. The standard InChI is InChI=1S/C20H21N3O5S/c1-2-28-19(25)8-7-18(24)22-11-9-14(10-12-22)20-21-16(13-29-20)15-5-3-4-6-17(15)23(26)27/h3-8,13-14H,2,9-12H2,1H3/b8-7+. The van der Waals surface area contributed by atoms with Crippen molar-refractivity contribution in [3.05, 3.63) is 56.9 Å². The van der Waals surface area contributed by atoms with Crippen LogP contribution < -0.4 is 0 Å². The predicted molar refractivity (Wildman–Crippen MR) is 109 cm³/mol. The van der Waals surface area contributed by atoms with E-state index in [0.29, 0.717) is 24.3 Å². The molecule has 2 aromatic rings. The van der Waals surface area contributed by atoms with Crippen molar-refractivity contribution in [1.82, 2.24) is 9.88 Å². The van der Waals surface area contributed by atoms with E-state index < -0.39 is 10.9 Å². The van der Waals surface area contributed by atoms with E-state index in [2.05, 4.69) is 4.98 Å². The molecule has 1 aromatic heterocycles. The molecule has 0 aliphatic carbocycles. The molecule has 0 bridgehead atoms. The molecule has 152 valence electrons. The number of esters is 1. The lowest BCUT2D eigenvalue weighted by molar-refractivity contribution is -0.384. The van der Waals surface area contributed by atoms with Crippen molar-refractivity contribution >= 4 is 28.9 Å². The lowest BCUT2D eigenvalue weighted by Crippen LogP contribution is -2.37. The van der Waals surface area contributed by atoms with E-state index in [1.165, 1.54) is 23.5 Å². The summed E-state index contributed by atoms with van der Waals surface area (Å²) in [5.74, 6) is -0.535. The average Bonchev–Trinajstić information content (AvgIpc) is 3.22. The molecule has 0 spiro atoms. The second kappa shape index (κ2) is 9.42. The number of carbonyl (C=O) groups excluding carboxylic acids is 2.